The van der Waals surface area contributed by atoms with Crippen molar-refractivity contribution in [1.29, 1.82) is 0 Å². The fourth-order valence-corrected chi connectivity index (χ4v) is 2.30. The Balaban J connectivity index is 1.90. The smallest absolute Gasteiger partial charge is 0.251 e. The van der Waals surface area contributed by atoms with E-state index in [1.165, 1.54) is 22.3 Å². The largest absolute Gasteiger partial charge is 0.355 e. The average molecular weight is 282 g/mol. The molecular weight excluding hydrogens is 260 g/mol. The summed E-state index contributed by atoms with van der Waals surface area (Å²) in [5.41, 5.74) is 5.80. The summed E-state index contributed by atoms with van der Waals surface area (Å²) in [6, 6.07) is 14.2. The number of carbonyl (C=O) groups excluding carboxylic acids is 1. The van der Waals surface area contributed by atoms with Gasteiger partial charge in [0.25, 0.3) is 5.91 Å². The third-order valence-electron chi connectivity index (χ3n) is 3.59. The van der Waals surface area contributed by atoms with E-state index in [0.29, 0.717) is 5.56 Å². The molecule has 3 nitrogen and oxygen atoms in total. The highest BCUT2D eigenvalue weighted by Gasteiger charge is 2.02. The summed E-state index contributed by atoms with van der Waals surface area (Å²) in [4.78, 5) is 11.5. The molecule has 0 radical (unpaired) electrons. The second-order valence-corrected chi connectivity index (χ2v) is 5.31. The van der Waals surface area contributed by atoms with Gasteiger partial charge in [-0.3, -0.25) is 4.79 Å². The first kappa shape index (κ1) is 15.3. The molecule has 0 heterocycles. The number of nitrogens with one attached hydrogen (secondary N) is 2. The Hall–Kier alpha value is -2.13. The van der Waals surface area contributed by atoms with E-state index in [4.69, 9.17) is 0 Å². The van der Waals surface area contributed by atoms with Crippen molar-refractivity contribution in [3.8, 4) is 0 Å². The summed E-state index contributed by atoms with van der Waals surface area (Å²) in [7, 11) is 1.64. The number of hydrogen-bond donors (Lipinski definition) is 2. The van der Waals surface area contributed by atoms with Gasteiger partial charge >= 0.3 is 0 Å². The normalized spacial score (nSPS) is 10.4. The SMILES string of the molecule is CNC(=O)c1ccc(CNCc2ccc(C)cc2C)cc1. The summed E-state index contributed by atoms with van der Waals surface area (Å²) in [5, 5.41) is 6.06. The van der Waals surface area contributed by atoms with Crippen LogP contribution in [-0.2, 0) is 13.1 Å². The fourth-order valence-electron chi connectivity index (χ4n) is 2.30. The minimum Gasteiger partial charge on any atom is -0.355 e. The quantitative estimate of drug-likeness (QED) is 0.885. The van der Waals surface area contributed by atoms with E-state index in [0.717, 1.165) is 13.1 Å². The molecule has 0 fully saturated rings. The molecule has 0 aliphatic heterocycles. The topological polar surface area (TPSA) is 41.1 Å². The van der Waals surface area contributed by atoms with Crippen LogP contribution in [-0.4, -0.2) is 13.0 Å². The Morgan fingerprint density at radius 2 is 1.71 bits per heavy atom. The van der Waals surface area contributed by atoms with Crippen LogP contribution in [0.15, 0.2) is 42.5 Å². The van der Waals surface area contributed by atoms with E-state index in [-0.39, 0.29) is 5.91 Å². The molecule has 0 spiro atoms. The Kier molecular flexibility index (Phi) is 5.12. The first-order valence-electron chi connectivity index (χ1n) is 7.18. The maximum atomic E-state index is 11.5. The van der Waals surface area contributed by atoms with Gasteiger partial charge in [0.15, 0.2) is 0 Å². The van der Waals surface area contributed by atoms with Crippen LogP contribution >= 0.6 is 0 Å². The highest BCUT2D eigenvalue weighted by molar-refractivity contribution is 5.93. The Morgan fingerprint density at radius 3 is 2.33 bits per heavy atom. The summed E-state index contributed by atoms with van der Waals surface area (Å²) in [5.74, 6) is -0.0511. The molecule has 0 aliphatic rings. The maximum Gasteiger partial charge on any atom is 0.251 e. The van der Waals surface area contributed by atoms with Crippen molar-refractivity contribution < 1.29 is 4.79 Å². The maximum absolute atomic E-state index is 11.5. The van der Waals surface area contributed by atoms with Gasteiger partial charge in [0.05, 0.1) is 0 Å². The van der Waals surface area contributed by atoms with Crippen molar-refractivity contribution >= 4 is 5.91 Å². The standard InChI is InChI=1S/C18H22N2O/c1-13-4-7-17(14(2)10-13)12-20-11-15-5-8-16(9-6-15)18(21)19-3/h4-10,20H,11-12H2,1-3H3,(H,19,21). The van der Waals surface area contributed by atoms with E-state index >= 15 is 0 Å². The molecule has 0 aliphatic carbocycles. The Bertz CT molecular complexity index is 618. The van der Waals surface area contributed by atoms with Crippen LogP contribution < -0.4 is 10.6 Å². The number of hydrogen-bond acceptors (Lipinski definition) is 2. The number of carbonyl (C=O) groups is 1. The van der Waals surface area contributed by atoms with Gasteiger partial charge in [0.2, 0.25) is 0 Å². The first-order chi connectivity index (χ1) is 10.1. The van der Waals surface area contributed by atoms with Crippen LogP contribution in [0.1, 0.15) is 32.6 Å². The molecule has 0 saturated carbocycles. The number of amides is 1. The van der Waals surface area contributed by atoms with Crippen LogP contribution in [0.2, 0.25) is 0 Å². The minimum absolute atomic E-state index is 0.0511. The van der Waals surface area contributed by atoms with Crippen molar-refractivity contribution in [1.82, 2.24) is 10.6 Å². The van der Waals surface area contributed by atoms with Crippen molar-refractivity contribution in [2.24, 2.45) is 0 Å². The predicted octanol–water partition coefficient (Wildman–Crippen LogP) is 2.95. The number of aryl methyl sites for hydroxylation is 2. The highest BCUT2D eigenvalue weighted by Crippen LogP contribution is 2.11. The fraction of sp³-hybridized carbons (Fsp3) is 0.278. The molecule has 0 saturated heterocycles. The molecule has 0 bridgehead atoms. The van der Waals surface area contributed by atoms with Crippen molar-refractivity contribution in [2.45, 2.75) is 26.9 Å². The van der Waals surface area contributed by atoms with Gasteiger partial charge < -0.3 is 10.6 Å². The number of benzene rings is 2. The lowest BCUT2D eigenvalue weighted by Crippen LogP contribution is -2.18. The summed E-state index contributed by atoms with van der Waals surface area (Å²) < 4.78 is 0. The third kappa shape index (κ3) is 4.17. The third-order valence-corrected chi connectivity index (χ3v) is 3.59. The van der Waals surface area contributed by atoms with Gasteiger partial charge in [-0.05, 0) is 42.7 Å². The van der Waals surface area contributed by atoms with Crippen molar-refractivity contribution in [2.75, 3.05) is 7.05 Å². The molecule has 2 aromatic carbocycles. The van der Waals surface area contributed by atoms with Gasteiger partial charge in [0.1, 0.15) is 0 Å². The van der Waals surface area contributed by atoms with Crippen LogP contribution in [0.25, 0.3) is 0 Å². The average Bonchev–Trinajstić information content (AvgIpc) is 2.49. The molecule has 2 rings (SSSR count). The van der Waals surface area contributed by atoms with E-state index in [1.54, 1.807) is 7.05 Å². The lowest BCUT2D eigenvalue weighted by molar-refractivity contribution is 0.0963. The molecule has 1 amide bonds. The van der Waals surface area contributed by atoms with E-state index in [9.17, 15) is 4.79 Å². The van der Waals surface area contributed by atoms with Gasteiger partial charge in [-0.2, -0.15) is 0 Å². The van der Waals surface area contributed by atoms with Crippen LogP contribution in [0.4, 0.5) is 0 Å². The van der Waals surface area contributed by atoms with Crippen molar-refractivity contribution in [3.63, 3.8) is 0 Å². The summed E-state index contributed by atoms with van der Waals surface area (Å²) >= 11 is 0. The van der Waals surface area contributed by atoms with Gasteiger partial charge in [-0.15, -0.1) is 0 Å². The van der Waals surface area contributed by atoms with E-state index < -0.39 is 0 Å². The zero-order valence-electron chi connectivity index (χ0n) is 12.9. The Morgan fingerprint density at radius 1 is 1.00 bits per heavy atom. The molecule has 3 heteroatoms. The molecule has 110 valence electrons. The summed E-state index contributed by atoms with van der Waals surface area (Å²) in [6.07, 6.45) is 0. The summed E-state index contributed by atoms with van der Waals surface area (Å²) in [6.45, 7) is 5.89. The zero-order valence-corrected chi connectivity index (χ0v) is 12.9. The molecule has 0 unspecified atom stereocenters. The van der Waals surface area contributed by atoms with Crippen LogP contribution in [0, 0.1) is 13.8 Å². The molecule has 2 aromatic rings. The Labute approximate surface area is 126 Å². The lowest BCUT2D eigenvalue weighted by atomic mass is 10.1. The predicted molar refractivity (Wildman–Crippen MR) is 86.3 cm³/mol. The minimum atomic E-state index is -0.0511. The van der Waals surface area contributed by atoms with Crippen LogP contribution in [0.3, 0.4) is 0 Å². The van der Waals surface area contributed by atoms with Gasteiger partial charge in [0, 0.05) is 25.7 Å². The van der Waals surface area contributed by atoms with Crippen LogP contribution in [0.5, 0.6) is 0 Å². The first-order valence-corrected chi connectivity index (χ1v) is 7.18. The zero-order chi connectivity index (χ0) is 15.2. The molecule has 2 N–H and O–H groups in total. The molecule has 0 atom stereocenters. The van der Waals surface area contributed by atoms with E-state index in [2.05, 4.69) is 42.7 Å². The molecule has 0 aromatic heterocycles. The highest BCUT2D eigenvalue weighted by atomic mass is 16.1. The monoisotopic (exact) mass is 282 g/mol. The molecular formula is C18H22N2O. The molecule has 21 heavy (non-hydrogen) atoms. The van der Waals surface area contributed by atoms with E-state index in [1.807, 2.05) is 24.3 Å². The number of rotatable bonds is 5. The van der Waals surface area contributed by atoms with Gasteiger partial charge in [-0.1, -0.05) is 35.9 Å². The second-order valence-electron chi connectivity index (χ2n) is 5.31. The second kappa shape index (κ2) is 7.04. The van der Waals surface area contributed by atoms with Crippen molar-refractivity contribution in [3.05, 3.63) is 70.3 Å². The lowest BCUT2D eigenvalue weighted by Gasteiger charge is -2.09. The van der Waals surface area contributed by atoms with Gasteiger partial charge in [-0.25, -0.2) is 0 Å².